The van der Waals surface area contributed by atoms with Crippen LogP contribution in [0.2, 0.25) is 5.02 Å². The van der Waals surface area contributed by atoms with E-state index in [1.165, 1.54) is 11.3 Å². The molecule has 0 N–H and O–H groups in total. The molecule has 1 aromatic carbocycles. The Balaban J connectivity index is 1.99. The monoisotopic (exact) mass is 330 g/mol. The van der Waals surface area contributed by atoms with Gasteiger partial charge in [0.15, 0.2) is 6.61 Å². The molecule has 0 saturated heterocycles. The average molecular weight is 332 g/mol. The van der Waals surface area contributed by atoms with Gasteiger partial charge in [0.05, 0.1) is 0 Å². The summed E-state index contributed by atoms with van der Waals surface area (Å²) in [5, 5.41) is 4.26. The zero-order valence-corrected chi connectivity index (χ0v) is 11.8. The highest BCUT2D eigenvalue weighted by atomic mass is 79.9. The Morgan fingerprint density at radius 2 is 2.24 bits per heavy atom. The molecule has 0 aliphatic heterocycles. The first-order valence-corrected chi connectivity index (χ1v) is 6.91. The number of hydrogen-bond donors (Lipinski definition) is 0. The van der Waals surface area contributed by atoms with Crippen molar-refractivity contribution in [3.05, 3.63) is 50.1 Å². The average Bonchev–Trinajstić information content (AvgIpc) is 2.72. The number of ketones is 1. The van der Waals surface area contributed by atoms with Gasteiger partial charge >= 0.3 is 0 Å². The van der Waals surface area contributed by atoms with E-state index in [4.69, 9.17) is 16.3 Å². The van der Waals surface area contributed by atoms with Crippen LogP contribution in [0, 0.1) is 0 Å². The number of hydrogen-bond acceptors (Lipinski definition) is 3. The molecule has 0 aliphatic carbocycles. The first-order valence-electron chi connectivity index (χ1n) is 4.80. The van der Waals surface area contributed by atoms with Crippen molar-refractivity contribution in [3.8, 4) is 5.75 Å². The fourth-order valence-corrected chi connectivity index (χ4v) is 2.96. The smallest absolute Gasteiger partial charge is 0.202 e. The summed E-state index contributed by atoms with van der Waals surface area (Å²) in [5.74, 6) is 0.537. The maximum absolute atomic E-state index is 11.8. The van der Waals surface area contributed by atoms with E-state index in [2.05, 4.69) is 15.9 Å². The molecule has 5 heteroatoms. The van der Waals surface area contributed by atoms with E-state index >= 15 is 0 Å². The van der Waals surface area contributed by atoms with Crippen LogP contribution in [0.5, 0.6) is 5.75 Å². The molecule has 0 unspecified atom stereocenters. The van der Waals surface area contributed by atoms with Crippen LogP contribution in [0.25, 0.3) is 0 Å². The van der Waals surface area contributed by atoms with Crippen molar-refractivity contribution in [2.45, 2.75) is 0 Å². The number of carbonyl (C=O) groups is 1. The number of halogens is 2. The molecular formula is C12H8BrClO2S. The van der Waals surface area contributed by atoms with Crippen LogP contribution in [0.4, 0.5) is 0 Å². The van der Waals surface area contributed by atoms with E-state index in [0.29, 0.717) is 16.3 Å². The Morgan fingerprint density at radius 1 is 1.41 bits per heavy atom. The standard InChI is InChI=1S/C12H8BrClO2S/c13-11-7-17-6-10(11)12(15)5-16-9-3-1-2-8(14)4-9/h1-4,6-7H,5H2. The third-order valence-corrected chi connectivity index (χ3v) is 4.02. The van der Waals surface area contributed by atoms with Gasteiger partial charge in [-0.15, -0.1) is 0 Å². The van der Waals surface area contributed by atoms with Crippen molar-refractivity contribution in [3.63, 3.8) is 0 Å². The minimum absolute atomic E-state index is 0.00960. The first kappa shape index (κ1) is 12.6. The van der Waals surface area contributed by atoms with Crippen molar-refractivity contribution in [1.29, 1.82) is 0 Å². The van der Waals surface area contributed by atoms with Gasteiger partial charge < -0.3 is 4.74 Å². The van der Waals surface area contributed by atoms with Crippen LogP contribution in [-0.4, -0.2) is 12.4 Å². The van der Waals surface area contributed by atoms with E-state index in [9.17, 15) is 4.79 Å². The van der Waals surface area contributed by atoms with Crippen molar-refractivity contribution >= 4 is 44.7 Å². The predicted molar refractivity (Wildman–Crippen MR) is 73.3 cm³/mol. The molecule has 0 saturated carbocycles. The van der Waals surface area contributed by atoms with Crippen molar-refractivity contribution in [2.24, 2.45) is 0 Å². The van der Waals surface area contributed by atoms with Crippen LogP contribution in [0.3, 0.4) is 0 Å². The van der Waals surface area contributed by atoms with Crippen LogP contribution >= 0.6 is 38.9 Å². The Bertz CT molecular complexity index is 539. The van der Waals surface area contributed by atoms with Gasteiger partial charge in [0.1, 0.15) is 5.75 Å². The molecular weight excluding hydrogens is 324 g/mol. The molecule has 88 valence electrons. The topological polar surface area (TPSA) is 26.3 Å². The summed E-state index contributed by atoms with van der Waals surface area (Å²) < 4.78 is 6.18. The number of rotatable bonds is 4. The fourth-order valence-electron chi connectivity index (χ4n) is 1.26. The molecule has 1 aromatic heterocycles. The van der Waals surface area contributed by atoms with Gasteiger partial charge in [-0.2, -0.15) is 11.3 Å². The maximum Gasteiger partial charge on any atom is 0.202 e. The molecule has 2 rings (SSSR count). The molecule has 0 atom stereocenters. The summed E-state index contributed by atoms with van der Waals surface area (Å²) >= 11 is 10.6. The second-order valence-corrected chi connectivity index (χ2v) is 5.34. The summed E-state index contributed by atoms with van der Waals surface area (Å²) in [4.78, 5) is 11.8. The van der Waals surface area contributed by atoms with E-state index in [1.807, 2.05) is 5.38 Å². The largest absolute Gasteiger partial charge is 0.485 e. The quantitative estimate of drug-likeness (QED) is 0.775. The fraction of sp³-hybridized carbons (Fsp3) is 0.0833. The zero-order chi connectivity index (χ0) is 12.3. The van der Waals surface area contributed by atoms with Crippen molar-refractivity contribution in [2.75, 3.05) is 6.61 Å². The predicted octanol–water partition coefficient (Wildman–Crippen LogP) is 4.43. The maximum atomic E-state index is 11.8. The minimum Gasteiger partial charge on any atom is -0.485 e. The molecule has 0 bridgehead atoms. The number of thiophene rings is 1. The number of carbonyl (C=O) groups excluding carboxylic acids is 1. The SMILES string of the molecule is O=C(COc1cccc(Cl)c1)c1cscc1Br. The van der Waals surface area contributed by atoms with Gasteiger partial charge in [-0.1, -0.05) is 17.7 Å². The van der Waals surface area contributed by atoms with E-state index in [1.54, 1.807) is 29.6 Å². The van der Waals surface area contributed by atoms with E-state index in [0.717, 1.165) is 4.47 Å². The lowest BCUT2D eigenvalue weighted by atomic mass is 10.2. The highest BCUT2D eigenvalue weighted by Crippen LogP contribution is 2.22. The first-order chi connectivity index (χ1) is 8.16. The van der Waals surface area contributed by atoms with Gasteiger partial charge in [0, 0.05) is 25.8 Å². The molecule has 0 aliphatic rings. The Morgan fingerprint density at radius 3 is 2.88 bits per heavy atom. The highest BCUT2D eigenvalue weighted by Gasteiger charge is 2.11. The molecule has 0 fully saturated rings. The lowest BCUT2D eigenvalue weighted by Gasteiger charge is -2.05. The van der Waals surface area contributed by atoms with E-state index in [-0.39, 0.29) is 12.4 Å². The van der Waals surface area contributed by atoms with Crippen LogP contribution < -0.4 is 4.74 Å². The summed E-state index contributed by atoms with van der Waals surface area (Å²) in [6, 6.07) is 6.98. The second-order valence-electron chi connectivity index (χ2n) is 3.30. The number of benzene rings is 1. The third-order valence-electron chi connectivity index (χ3n) is 2.08. The highest BCUT2D eigenvalue weighted by molar-refractivity contribution is 9.10. The molecule has 0 radical (unpaired) electrons. The molecule has 0 spiro atoms. The summed E-state index contributed by atoms with van der Waals surface area (Å²) in [7, 11) is 0. The van der Waals surface area contributed by atoms with Gasteiger partial charge in [-0.05, 0) is 34.1 Å². The Hall–Kier alpha value is -0.840. The van der Waals surface area contributed by atoms with Gasteiger partial charge in [0.2, 0.25) is 5.78 Å². The Labute approximate surface area is 116 Å². The summed E-state index contributed by atoms with van der Waals surface area (Å²) in [5.41, 5.74) is 0.650. The van der Waals surface area contributed by atoms with Gasteiger partial charge in [-0.3, -0.25) is 4.79 Å². The molecule has 2 nitrogen and oxygen atoms in total. The van der Waals surface area contributed by atoms with Crippen molar-refractivity contribution in [1.82, 2.24) is 0 Å². The molecule has 1 heterocycles. The lowest BCUT2D eigenvalue weighted by Crippen LogP contribution is -2.11. The van der Waals surface area contributed by atoms with Gasteiger partial charge in [-0.25, -0.2) is 0 Å². The van der Waals surface area contributed by atoms with Crippen LogP contribution in [-0.2, 0) is 0 Å². The summed E-state index contributed by atoms with van der Waals surface area (Å²) in [6.45, 7) is 0.00960. The van der Waals surface area contributed by atoms with Gasteiger partial charge in [0.25, 0.3) is 0 Å². The molecule has 17 heavy (non-hydrogen) atoms. The van der Waals surface area contributed by atoms with Crippen molar-refractivity contribution < 1.29 is 9.53 Å². The van der Waals surface area contributed by atoms with Crippen LogP contribution in [0.15, 0.2) is 39.5 Å². The number of Topliss-reactive ketones (excluding diaryl/α,β-unsaturated/α-hetero) is 1. The second kappa shape index (κ2) is 5.67. The summed E-state index contributed by atoms with van der Waals surface area (Å²) in [6.07, 6.45) is 0. The van der Waals surface area contributed by atoms with Crippen LogP contribution in [0.1, 0.15) is 10.4 Å². The molecule has 2 aromatic rings. The Kier molecular flexibility index (Phi) is 4.20. The lowest BCUT2D eigenvalue weighted by molar-refractivity contribution is 0.0921. The third kappa shape index (κ3) is 3.31. The molecule has 0 amide bonds. The minimum atomic E-state index is -0.0573. The normalized spacial score (nSPS) is 10.2. The zero-order valence-electron chi connectivity index (χ0n) is 8.65. The number of ether oxygens (including phenoxy) is 1. The van der Waals surface area contributed by atoms with E-state index < -0.39 is 0 Å².